The Bertz CT molecular complexity index is 426. The summed E-state index contributed by atoms with van der Waals surface area (Å²) in [4.78, 5) is 0. The quantitative estimate of drug-likeness (QED) is 0.567. The lowest BCUT2D eigenvalue weighted by Gasteiger charge is -2.70. The molecule has 4 N–H and O–H groups in total. The van der Waals surface area contributed by atoms with E-state index in [1.165, 1.54) is 32.3 Å². The summed E-state index contributed by atoms with van der Waals surface area (Å²) in [7, 11) is 0. The highest BCUT2D eigenvalue weighted by atomic mass is 15.2. The zero-order chi connectivity index (χ0) is 14.8. The van der Waals surface area contributed by atoms with Crippen molar-refractivity contribution in [3.8, 4) is 0 Å². The van der Waals surface area contributed by atoms with Gasteiger partial charge in [0.2, 0.25) is 0 Å². The highest BCUT2D eigenvalue weighted by molar-refractivity contribution is 6.53. The molecular weight excluding hydrogens is 258 g/mol. The van der Waals surface area contributed by atoms with E-state index in [0.717, 1.165) is 17.8 Å². The highest BCUT2D eigenvalue weighted by Crippen LogP contribution is 2.67. The average molecular weight is 288 g/mol. The fraction of sp³-hybridized carbons (Fsp3) is 1.00. The van der Waals surface area contributed by atoms with Crippen molar-refractivity contribution in [3.05, 3.63) is 0 Å². The van der Waals surface area contributed by atoms with E-state index in [-0.39, 0.29) is 5.54 Å². The van der Waals surface area contributed by atoms with Crippen LogP contribution in [0.1, 0.15) is 33.6 Å². The lowest BCUT2D eigenvalue weighted by Crippen LogP contribution is -2.75. The molecule has 5 fully saturated rings. The molecule has 0 aromatic heterocycles. The molecule has 0 radical (unpaired) electrons. The van der Waals surface area contributed by atoms with Gasteiger partial charge in [-0.25, -0.2) is 0 Å². The van der Waals surface area contributed by atoms with Crippen LogP contribution in [0.2, 0.25) is 13.1 Å². The van der Waals surface area contributed by atoms with Gasteiger partial charge in [0, 0.05) is 11.6 Å². The minimum atomic E-state index is 0.275. The van der Waals surface area contributed by atoms with E-state index in [1.807, 2.05) is 0 Å². The minimum absolute atomic E-state index is 0.275. The maximum absolute atomic E-state index is 3.89. The number of rotatable bonds is 2. The monoisotopic (exact) mass is 288 g/mol. The normalized spacial score (nSPS) is 48.0. The smallest absolute Gasteiger partial charge is 0.305 e. The molecule has 5 rings (SSSR count). The van der Waals surface area contributed by atoms with Crippen LogP contribution in [0.15, 0.2) is 0 Å². The molecule has 2 aliphatic heterocycles. The zero-order valence-electron chi connectivity index (χ0n) is 14.0. The van der Waals surface area contributed by atoms with Crippen molar-refractivity contribution >= 4 is 14.0 Å². The van der Waals surface area contributed by atoms with Crippen LogP contribution in [0.3, 0.4) is 0 Å². The van der Waals surface area contributed by atoms with Gasteiger partial charge in [0.05, 0.1) is 0 Å². The van der Waals surface area contributed by atoms with Crippen LogP contribution in [0.25, 0.3) is 0 Å². The van der Waals surface area contributed by atoms with Gasteiger partial charge in [0.1, 0.15) is 0 Å². The van der Waals surface area contributed by atoms with Gasteiger partial charge in [-0.15, -0.1) is 0 Å². The molecule has 2 heterocycles. The van der Waals surface area contributed by atoms with Gasteiger partial charge in [0.25, 0.3) is 0 Å². The van der Waals surface area contributed by atoms with Crippen LogP contribution >= 0.6 is 0 Å². The summed E-state index contributed by atoms with van der Waals surface area (Å²) in [6.45, 7) is 13.1. The van der Waals surface area contributed by atoms with Crippen molar-refractivity contribution in [1.29, 1.82) is 0 Å². The summed E-state index contributed by atoms with van der Waals surface area (Å²) in [5.41, 5.74) is 0.764. The summed E-state index contributed by atoms with van der Waals surface area (Å²) in [6.07, 6.45) is 3.91. The average Bonchev–Trinajstić information content (AvgIpc) is 2.73. The first kappa shape index (κ1) is 14.6. The van der Waals surface area contributed by atoms with Gasteiger partial charge in [-0.3, -0.25) is 0 Å². The second kappa shape index (κ2) is 4.73. The van der Waals surface area contributed by atoms with Gasteiger partial charge in [-0.2, -0.15) is 0 Å². The van der Waals surface area contributed by atoms with E-state index in [1.54, 1.807) is 0 Å². The van der Waals surface area contributed by atoms with E-state index in [9.17, 15) is 0 Å². The first-order chi connectivity index (χ1) is 9.93. The predicted octanol–water partition coefficient (Wildman–Crippen LogP) is 0.788. The van der Waals surface area contributed by atoms with Gasteiger partial charge >= 0.3 is 14.0 Å². The molecule has 5 unspecified atom stereocenters. The lowest BCUT2D eigenvalue weighted by molar-refractivity contribution is -0.177. The molecule has 0 spiro atoms. The Balaban J connectivity index is 1.54. The Morgan fingerprint density at radius 3 is 2.57 bits per heavy atom. The van der Waals surface area contributed by atoms with Crippen molar-refractivity contribution in [2.75, 3.05) is 13.1 Å². The van der Waals surface area contributed by atoms with E-state index in [2.05, 4.69) is 48.5 Å². The molecule has 116 valence electrons. The SMILES string of the molecule is CB1NC2CC3C(CB4NCCCN4)C(C3(C)C)C2(C)N1. The third-order valence-corrected chi connectivity index (χ3v) is 7.18. The molecule has 0 aromatic carbocycles. The molecular formula is C15H30B2N4. The molecule has 6 heteroatoms. The van der Waals surface area contributed by atoms with Crippen LogP contribution in [0.4, 0.5) is 0 Å². The number of hydrogen-bond acceptors (Lipinski definition) is 4. The first-order valence-corrected chi connectivity index (χ1v) is 8.93. The lowest BCUT2D eigenvalue weighted by atomic mass is 9.34. The van der Waals surface area contributed by atoms with Crippen LogP contribution in [-0.4, -0.2) is 38.6 Å². The summed E-state index contributed by atoms with van der Waals surface area (Å²) in [6, 6.07) is 0.666. The summed E-state index contributed by atoms with van der Waals surface area (Å²) < 4.78 is 0. The second-order valence-electron chi connectivity index (χ2n) is 8.72. The molecule has 21 heavy (non-hydrogen) atoms. The van der Waals surface area contributed by atoms with E-state index in [4.69, 9.17) is 0 Å². The fourth-order valence-corrected chi connectivity index (χ4v) is 6.55. The van der Waals surface area contributed by atoms with Crippen molar-refractivity contribution in [3.63, 3.8) is 0 Å². The largest absolute Gasteiger partial charge is 0.342 e. The van der Waals surface area contributed by atoms with Crippen molar-refractivity contribution in [2.24, 2.45) is 23.2 Å². The molecule has 5 atom stereocenters. The van der Waals surface area contributed by atoms with Gasteiger partial charge in [-0.1, -0.05) is 20.7 Å². The maximum Gasteiger partial charge on any atom is 0.305 e. The number of nitrogens with one attached hydrogen (secondary N) is 4. The van der Waals surface area contributed by atoms with Gasteiger partial charge in [-0.05, 0) is 62.3 Å². The molecule has 4 nitrogen and oxygen atoms in total. The van der Waals surface area contributed by atoms with Gasteiger partial charge in [0.15, 0.2) is 0 Å². The van der Waals surface area contributed by atoms with E-state index in [0.29, 0.717) is 25.4 Å². The van der Waals surface area contributed by atoms with Gasteiger partial charge < -0.3 is 20.9 Å². The molecule has 3 aliphatic carbocycles. The Morgan fingerprint density at radius 1 is 1.14 bits per heavy atom. The van der Waals surface area contributed by atoms with Crippen LogP contribution in [0, 0.1) is 23.2 Å². The second-order valence-corrected chi connectivity index (χ2v) is 8.72. The summed E-state index contributed by atoms with van der Waals surface area (Å²) in [5, 5.41) is 15.0. The molecule has 3 saturated carbocycles. The Hall–Kier alpha value is -0.0301. The molecule has 5 aliphatic rings. The molecule has 0 amide bonds. The molecule has 2 bridgehead atoms. The topological polar surface area (TPSA) is 48.1 Å². The van der Waals surface area contributed by atoms with Crippen LogP contribution in [-0.2, 0) is 0 Å². The first-order valence-electron chi connectivity index (χ1n) is 8.93. The van der Waals surface area contributed by atoms with E-state index >= 15 is 0 Å². The summed E-state index contributed by atoms with van der Waals surface area (Å²) >= 11 is 0. The standard InChI is InChI=1S/C15H30B2N4/c1-14(2)11-8-12-15(3,21-16(4)20-12)13(14)10(11)9-17-18-6-5-7-19-17/h10-13,18-21H,5-9H2,1-4H3. The van der Waals surface area contributed by atoms with Crippen molar-refractivity contribution < 1.29 is 0 Å². The fourth-order valence-electron chi connectivity index (χ4n) is 6.55. The van der Waals surface area contributed by atoms with Crippen molar-refractivity contribution in [1.82, 2.24) is 20.9 Å². The maximum atomic E-state index is 3.89. The predicted molar refractivity (Wildman–Crippen MR) is 90.1 cm³/mol. The van der Waals surface area contributed by atoms with Crippen LogP contribution < -0.4 is 20.9 Å². The Kier molecular flexibility index (Phi) is 3.28. The van der Waals surface area contributed by atoms with Crippen LogP contribution in [0.5, 0.6) is 0 Å². The highest BCUT2D eigenvalue weighted by Gasteiger charge is 2.70. The van der Waals surface area contributed by atoms with Crippen molar-refractivity contribution in [2.45, 2.75) is 58.3 Å². The Labute approximate surface area is 130 Å². The number of hydrogen-bond donors (Lipinski definition) is 4. The third kappa shape index (κ3) is 1.99. The zero-order valence-corrected chi connectivity index (χ0v) is 14.0. The minimum Gasteiger partial charge on any atom is -0.342 e. The molecule has 2 saturated heterocycles. The summed E-state index contributed by atoms with van der Waals surface area (Å²) in [5.74, 6) is 2.53. The Morgan fingerprint density at radius 2 is 1.86 bits per heavy atom. The van der Waals surface area contributed by atoms with E-state index < -0.39 is 0 Å². The molecule has 0 aromatic rings. The third-order valence-electron chi connectivity index (χ3n) is 7.18.